The summed E-state index contributed by atoms with van der Waals surface area (Å²) in [6.07, 6.45) is 2.34. The van der Waals surface area contributed by atoms with Crippen LogP contribution in [0.25, 0.3) is 0 Å². The van der Waals surface area contributed by atoms with Gasteiger partial charge in [0.05, 0.1) is 23.1 Å². The first-order valence-corrected chi connectivity index (χ1v) is 9.89. The minimum atomic E-state index is -3.13. The number of hydrogen-bond donors (Lipinski definition) is 0. The van der Waals surface area contributed by atoms with Crippen molar-refractivity contribution in [2.24, 2.45) is 0 Å². The van der Waals surface area contributed by atoms with Crippen molar-refractivity contribution in [1.82, 2.24) is 14.8 Å². The molecule has 1 aromatic rings. The first kappa shape index (κ1) is 16.9. The Morgan fingerprint density at radius 1 is 1.33 bits per heavy atom. The van der Waals surface area contributed by atoms with Gasteiger partial charge < -0.3 is 4.90 Å². The number of rotatable bonds is 3. The molecular formula is C16H20N4O3S. The van der Waals surface area contributed by atoms with Crippen molar-refractivity contribution in [1.29, 1.82) is 5.26 Å². The summed E-state index contributed by atoms with van der Waals surface area (Å²) in [6.45, 7) is 4.10. The van der Waals surface area contributed by atoms with Gasteiger partial charge in [0.15, 0.2) is 9.84 Å². The molecule has 2 unspecified atom stereocenters. The second-order valence-corrected chi connectivity index (χ2v) is 8.44. The largest absolute Gasteiger partial charge is 0.332 e. The van der Waals surface area contributed by atoms with Crippen molar-refractivity contribution in [2.45, 2.75) is 25.4 Å². The van der Waals surface area contributed by atoms with Crippen LogP contribution in [0.3, 0.4) is 0 Å². The van der Waals surface area contributed by atoms with Crippen LogP contribution in [0.1, 0.15) is 29.4 Å². The maximum absolute atomic E-state index is 12.8. The van der Waals surface area contributed by atoms with Gasteiger partial charge in [0.25, 0.3) is 5.91 Å². The van der Waals surface area contributed by atoms with Crippen LogP contribution in [0.2, 0.25) is 0 Å². The number of sulfone groups is 1. The lowest BCUT2D eigenvalue weighted by molar-refractivity contribution is 0.0333. The molecule has 3 heterocycles. The first-order chi connectivity index (χ1) is 11.4. The zero-order chi connectivity index (χ0) is 17.3. The summed E-state index contributed by atoms with van der Waals surface area (Å²) >= 11 is 0. The van der Waals surface area contributed by atoms with E-state index in [0.717, 1.165) is 13.0 Å². The van der Waals surface area contributed by atoms with Crippen LogP contribution in [-0.4, -0.2) is 72.3 Å². The second-order valence-electron chi connectivity index (χ2n) is 6.29. The van der Waals surface area contributed by atoms with Crippen LogP contribution >= 0.6 is 0 Å². The lowest BCUT2D eigenvalue weighted by atomic mass is 10.0. The van der Waals surface area contributed by atoms with Crippen LogP contribution in [0.4, 0.5) is 0 Å². The Bertz CT molecular complexity index is 770. The van der Waals surface area contributed by atoms with E-state index < -0.39 is 9.84 Å². The highest BCUT2D eigenvalue weighted by atomic mass is 32.2. The van der Waals surface area contributed by atoms with Crippen LogP contribution in [0, 0.1) is 11.3 Å². The molecule has 7 nitrogen and oxygen atoms in total. The molecule has 8 heteroatoms. The van der Waals surface area contributed by atoms with Gasteiger partial charge in [0.2, 0.25) is 0 Å². The number of hydrogen-bond acceptors (Lipinski definition) is 6. The van der Waals surface area contributed by atoms with E-state index in [1.807, 2.05) is 6.07 Å². The zero-order valence-corrected chi connectivity index (χ0v) is 14.4. The van der Waals surface area contributed by atoms with E-state index in [0.29, 0.717) is 18.7 Å². The summed E-state index contributed by atoms with van der Waals surface area (Å²) < 4.78 is 24.2. The molecule has 0 bridgehead atoms. The van der Waals surface area contributed by atoms with E-state index in [-0.39, 0.29) is 35.2 Å². The van der Waals surface area contributed by atoms with Crippen LogP contribution in [0.15, 0.2) is 18.3 Å². The number of fused-ring (bicyclic) bond motifs is 1. The molecule has 3 rings (SSSR count). The fourth-order valence-corrected chi connectivity index (χ4v) is 5.61. The van der Waals surface area contributed by atoms with Crippen molar-refractivity contribution in [3.05, 3.63) is 29.6 Å². The van der Waals surface area contributed by atoms with E-state index in [9.17, 15) is 13.2 Å². The lowest BCUT2D eigenvalue weighted by Crippen LogP contribution is -2.60. The quantitative estimate of drug-likeness (QED) is 0.779. The summed E-state index contributed by atoms with van der Waals surface area (Å²) in [6, 6.07) is 4.56. The van der Waals surface area contributed by atoms with Gasteiger partial charge in [0.1, 0.15) is 11.8 Å². The Labute approximate surface area is 141 Å². The molecule has 0 aromatic carbocycles. The third-order valence-electron chi connectivity index (χ3n) is 4.69. The molecule has 1 aromatic heterocycles. The smallest absolute Gasteiger partial charge is 0.255 e. The number of carbonyl (C=O) groups is 1. The maximum Gasteiger partial charge on any atom is 0.255 e. The number of nitriles is 1. The molecule has 0 aliphatic carbocycles. The SMILES string of the molecule is CCCN1CCN(C(=O)c2ccc(C#N)nc2)C2CS(=O)(=O)CC21. The molecule has 128 valence electrons. The fourth-order valence-electron chi connectivity index (χ4n) is 3.59. The van der Waals surface area contributed by atoms with Gasteiger partial charge in [-0.1, -0.05) is 6.92 Å². The lowest BCUT2D eigenvalue weighted by Gasteiger charge is -2.43. The molecule has 0 saturated carbocycles. The summed E-state index contributed by atoms with van der Waals surface area (Å²) in [4.78, 5) is 20.6. The Kier molecular flexibility index (Phi) is 4.56. The topological polar surface area (TPSA) is 94.4 Å². The predicted molar refractivity (Wildman–Crippen MR) is 88.1 cm³/mol. The summed E-state index contributed by atoms with van der Waals surface area (Å²) in [5.74, 6) is -0.0735. The third kappa shape index (κ3) is 3.14. The van der Waals surface area contributed by atoms with Crippen molar-refractivity contribution in [3.63, 3.8) is 0 Å². The summed E-state index contributed by atoms with van der Waals surface area (Å²) in [5, 5.41) is 8.80. The van der Waals surface area contributed by atoms with Gasteiger partial charge in [-0.3, -0.25) is 9.69 Å². The standard InChI is InChI=1S/C16H20N4O3S/c1-2-5-19-6-7-20(15-11-24(22,23)10-14(15)19)16(21)12-3-4-13(8-17)18-9-12/h3-4,9,14-15H,2,5-7,10-11H2,1H3. The van der Waals surface area contributed by atoms with Crippen molar-refractivity contribution < 1.29 is 13.2 Å². The first-order valence-electron chi connectivity index (χ1n) is 8.07. The normalized spacial score (nSPS) is 25.9. The Hall–Kier alpha value is -1.98. The highest BCUT2D eigenvalue weighted by molar-refractivity contribution is 7.91. The minimum Gasteiger partial charge on any atom is -0.332 e. The summed E-state index contributed by atoms with van der Waals surface area (Å²) in [7, 11) is -3.13. The monoisotopic (exact) mass is 348 g/mol. The predicted octanol–water partition coefficient (Wildman–Crippen LogP) is 0.287. The Morgan fingerprint density at radius 2 is 2.08 bits per heavy atom. The Morgan fingerprint density at radius 3 is 2.71 bits per heavy atom. The highest BCUT2D eigenvalue weighted by Gasteiger charge is 2.47. The fraction of sp³-hybridized carbons (Fsp3) is 0.562. The number of pyridine rings is 1. The van der Waals surface area contributed by atoms with Gasteiger partial charge in [-0.25, -0.2) is 13.4 Å². The van der Waals surface area contributed by atoms with Crippen molar-refractivity contribution in [2.75, 3.05) is 31.1 Å². The minimum absolute atomic E-state index is 0.0212. The van der Waals surface area contributed by atoms with E-state index in [2.05, 4.69) is 16.8 Å². The van der Waals surface area contributed by atoms with Gasteiger partial charge >= 0.3 is 0 Å². The molecule has 2 aliphatic rings. The number of nitrogens with zero attached hydrogens (tertiary/aromatic N) is 4. The van der Waals surface area contributed by atoms with E-state index in [4.69, 9.17) is 5.26 Å². The molecule has 2 aliphatic heterocycles. The highest BCUT2D eigenvalue weighted by Crippen LogP contribution is 2.28. The average molecular weight is 348 g/mol. The molecule has 2 saturated heterocycles. The second kappa shape index (κ2) is 6.49. The van der Waals surface area contributed by atoms with E-state index in [1.165, 1.54) is 12.3 Å². The van der Waals surface area contributed by atoms with Crippen LogP contribution in [-0.2, 0) is 9.84 Å². The van der Waals surface area contributed by atoms with Gasteiger partial charge in [-0.2, -0.15) is 5.26 Å². The number of amides is 1. The van der Waals surface area contributed by atoms with Gasteiger partial charge in [-0.05, 0) is 25.1 Å². The molecule has 0 radical (unpaired) electrons. The molecule has 0 spiro atoms. The van der Waals surface area contributed by atoms with E-state index in [1.54, 1.807) is 11.0 Å². The van der Waals surface area contributed by atoms with Crippen molar-refractivity contribution in [3.8, 4) is 6.07 Å². The van der Waals surface area contributed by atoms with Crippen LogP contribution < -0.4 is 0 Å². The number of carbonyl (C=O) groups excluding carboxylic acids is 1. The number of aromatic nitrogens is 1. The molecule has 24 heavy (non-hydrogen) atoms. The van der Waals surface area contributed by atoms with Gasteiger partial charge in [0, 0.05) is 25.3 Å². The number of piperazine rings is 1. The molecule has 1 amide bonds. The third-order valence-corrected chi connectivity index (χ3v) is 6.39. The van der Waals surface area contributed by atoms with Crippen LogP contribution in [0.5, 0.6) is 0 Å². The van der Waals surface area contributed by atoms with Gasteiger partial charge in [-0.15, -0.1) is 0 Å². The van der Waals surface area contributed by atoms with E-state index >= 15 is 0 Å². The molecule has 2 fully saturated rings. The Balaban J connectivity index is 1.85. The average Bonchev–Trinajstić information content (AvgIpc) is 2.90. The molecule has 0 N–H and O–H groups in total. The zero-order valence-electron chi connectivity index (χ0n) is 13.6. The van der Waals surface area contributed by atoms with Crippen molar-refractivity contribution >= 4 is 15.7 Å². The summed E-state index contributed by atoms with van der Waals surface area (Å²) in [5.41, 5.74) is 0.640. The molecule has 2 atom stereocenters. The maximum atomic E-state index is 12.8. The molecular weight excluding hydrogens is 328 g/mol.